The van der Waals surface area contributed by atoms with E-state index >= 15 is 0 Å². The quantitative estimate of drug-likeness (QED) is 0.863. The third-order valence-corrected chi connectivity index (χ3v) is 3.85. The number of rotatable bonds is 4. The van der Waals surface area contributed by atoms with Crippen LogP contribution in [0.25, 0.3) is 0 Å². The monoisotopic (exact) mass is 317 g/mol. The van der Waals surface area contributed by atoms with Crippen molar-refractivity contribution in [2.45, 2.75) is 19.4 Å². The Morgan fingerprint density at radius 1 is 1.16 bits per heavy atom. The Bertz CT molecular complexity index is 578. The van der Waals surface area contributed by atoms with E-state index in [9.17, 15) is 4.79 Å². The fourth-order valence-corrected chi connectivity index (χ4v) is 2.38. The maximum atomic E-state index is 12.4. The van der Waals surface area contributed by atoms with E-state index in [1.54, 1.807) is 0 Å². The molecular formula is C16H16BrNO. The first-order valence-corrected chi connectivity index (χ1v) is 7.07. The standard InChI is InChI=1S/C16H16BrNO/c1-2-15(18)11-7-9-12(10-8-11)16(19)13-5-3-4-6-14(13)17/h3-10,15H,2,18H2,1H3. The van der Waals surface area contributed by atoms with E-state index in [4.69, 9.17) is 5.73 Å². The summed E-state index contributed by atoms with van der Waals surface area (Å²) in [6, 6.07) is 15.0. The van der Waals surface area contributed by atoms with Crippen LogP contribution in [0.1, 0.15) is 40.9 Å². The molecule has 0 aliphatic heterocycles. The van der Waals surface area contributed by atoms with Crippen LogP contribution in [0, 0.1) is 0 Å². The molecule has 1 unspecified atom stereocenters. The molecule has 98 valence electrons. The molecule has 2 N–H and O–H groups in total. The van der Waals surface area contributed by atoms with Crippen molar-refractivity contribution in [3.05, 3.63) is 69.7 Å². The number of hydrogen-bond donors (Lipinski definition) is 1. The van der Waals surface area contributed by atoms with Gasteiger partial charge >= 0.3 is 0 Å². The van der Waals surface area contributed by atoms with Crippen molar-refractivity contribution in [3.8, 4) is 0 Å². The SMILES string of the molecule is CCC(N)c1ccc(C(=O)c2ccccc2Br)cc1. The van der Waals surface area contributed by atoms with Gasteiger partial charge in [-0.3, -0.25) is 4.79 Å². The van der Waals surface area contributed by atoms with Gasteiger partial charge < -0.3 is 5.73 Å². The number of ketones is 1. The Morgan fingerprint density at radius 3 is 2.37 bits per heavy atom. The van der Waals surface area contributed by atoms with Gasteiger partial charge in [-0.1, -0.05) is 59.3 Å². The molecule has 0 fully saturated rings. The number of halogens is 1. The number of carbonyl (C=O) groups excluding carboxylic acids is 1. The van der Waals surface area contributed by atoms with Gasteiger partial charge in [0.05, 0.1) is 0 Å². The van der Waals surface area contributed by atoms with Crippen LogP contribution < -0.4 is 5.73 Å². The maximum absolute atomic E-state index is 12.4. The first-order valence-electron chi connectivity index (χ1n) is 6.28. The van der Waals surface area contributed by atoms with Gasteiger partial charge in [0.2, 0.25) is 0 Å². The summed E-state index contributed by atoms with van der Waals surface area (Å²) in [5.41, 5.74) is 8.38. The summed E-state index contributed by atoms with van der Waals surface area (Å²) in [5.74, 6) is 0.0177. The highest BCUT2D eigenvalue weighted by atomic mass is 79.9. The molecule has 0 bridgehead atoms. The molecule has 19 heavy (non-hydrogen) atoms. The van der Waals surface area contributed by atoms with Crippen LogP contribution in [0.2, 0.25) is 0 Å². The smallest absolute Gasteiger partial charge is 0.194 e. The summed E-state index contributed by atoms with van der Waals surface area (Å²) < 4.78 is 0.814. The molecule has 0 spiro atoms. The Morgan fingerprint density at radius 2 is 1.79 bits per heavy atom. The van der Waals surface area contributed by atoms with Crippen LogP contribution in [-0.2, 0) is 0 Å². The predicted octanol–water partition coefficient (Wildman–Crippen LogP) is 4.09. The summed E-state index contributed by atoms with van der Waals surface area (Å²) in [6.45, 7) is 2.05. The normalized spacial score (nSPS) is 12.2. The van der Waals surface area contributed by atoms with E-state index in [0.717, 1.165) is 16.5 Å². The molecule has 0 saturated heterocycles. The van der Waals surface area contributed by atoms with Gasteiger partial charge in [0, 0.05) is 21.6 Å². The van der Waals surface area contributed by atoms with Gasteiger partial charge in [-0.15, -0.1) is 0 Å². The van der Waals surface area contributed by atoms with Crippen LogP contribution in [0.4, 0.5) is 0 Å². The molecule has 0 radical (unpaired) electrons. The average Bonchev–Trinajstić information content (AvgIpc) is 2.46. The number of hydrogen-bond acceptors (Lipinski definition) is 2. The Balaban J connectivity index is 2.28. The molecule has 0 aliphatic carbocycles. The molecule has 0 saturated carbocycles. The molecule has 2 aromatic rings. The lowest BCUT2D eigenvalue weighted by Crippen LogP contribution is -2.09. The highest BCUT2D eigenvalue weighted by Gasteiger charge is 2.12. The highest BCUT2D eigenvalue weighted by molar-refractivity contribution is 9.10. The molecule has 2 aromatic carbocycles. The second-order valence-corrected chi connectivity index (χ2v) is 5.30. The number of carbonyl (C=O) groups is 1. The number of benzene rings is 2. The van der Waals surface area contributed by atoms with Crippen LogP contribution in [0.15, 0.2) is 53.0 Å². The van der Waals surface area contributed by atoms with Gasteiger partial charge in [0.25, 0.3) is 0 Å². The van der Waals surface area contributed by atoms with E-state index in [1.165, 1.54) is 0 Å². The molecule has 0 aromatic heterocycles. The van der Waals surface area contributed by atoms with Gasteiger partial charge in [0.1, 0.15) is 0 Å². The lowest BCUT2D eigenvalue weighted by Gasteiger charge is -2.10. The van der Waals surface area contributed by atoms with Gasteiger partial charge in [-0.2, -0.15) is 0 Å². The van der Waals surface area contributed by atoms with E-state index in [0.29, 0.717) is 11.1 Å². The van der Waals surface area contributed by atoms with Crippen molar-refractivity contribution in [2.75, 3.05) is 0 Å². The molecule has 3 heteroatoms. The molecule has 1 atom stereocenters. The zero-order valence-electron chi connectivity index (χ0n) is 10.8. The summed E-state index contributed by atoms with van der Waals surface area (Å²) in [4.78, 5) is 12.4. The third-order valence-electron chi connectivity index (χ3n) is 3.16. The van der Waals surface area contributed by atoms with Crippen molar-refractivity contribution in [1.29, 1.82) is 0 Å². The van der Waals surface area contributed by atoms with Crippen molar-refractivity contribution < 1.29 is 4.79 Å². The number of nitrogens with two attached hydrogens (primary N) is 1. The van der Waals surface area contributed by atoms with Crippen LogP contribution in [0.5, 0.6) is 0 Å². The predicted molar refractivity (Wildman–Crippen MR) is 81.2 cm³/mol. The Kier molecular flexibility index (Phi) is 4.51. The first-order chi connectivity index (χ1) is 9.13. The second-order valence-electron chi connectivity index (χ2n) is 4.45. The molecule has 2 nitrogen and oxygen atoms in total. The summed E-state index contributed by atoms with van der Waals surface area (Å²) in [6.07, 6.45) is 0.886. The fourth-order valence-electron chi connectivity index (χ4n) is 1.92. The lowest BCUT2D eigenvalue weighted by atomic mass is 9.99. The van der Waals surface area contributed by atoms with Crippen LogP contribution >= 0.6 is 15.9 Å². The molecule has 0 heterocycles. The lowest BCUT2D eigenvalue weighted by molar-refractivity contribution is 0.103. The topological polar surface area (TPSA) is 43.1 Å². The largest absolute Gasteiger partial charge is 0.324 e. The molecular weight excluding hydrogens is 302 g/mol. The fraction of sp³-hybridized carbons (Fsp3) is 0.188. The van der Waals surface area contributed by atoms with E-state index in [-0.39, 0.29) is 11.8 Å². The second kappa shape index (κ2) is 6.13. The highest BCUT2D eigenvalue weighted by Crippen LogP contribution is 2.21. The Labute approximate surface area is 121 Å². The van der Waals surface area contributed by atoms with Gasteiger partial charge in [0.15, 0.2) is 5.78 Å². The van der Waals surface area contributed by atoms with Crippen LogP contribution in [0.3, 0.4) is 0 Å². The molecule has 2 rings (SSSR count). The maximum Gasteiger partial charge on any atom is 0.194 e. The zero-order chi connectivity index (χ0) is 13.8. The third kappa shape index (κ3) is 3.11. The zero-order valence-corrected chi connectivity index (χ0v) is 12.4. The first kappa shape index (κ1) is 14.0. The van der Waals surface area contributed by atoms with E-state index < -0.39 is 0 Å². The summed E-state index contributed by atoms with van der Waals surface area (Å²) in [5, 5.41) is 0. The minimum atomic E-state index is 0.0177. The minimum absolute atomic E-state index is 0.0177. The molecule has 0 amide bonds. The van der Waals surface area contributed by atoms with Crippen molar-refractivity contribution >= 4 is 21.7 Å². The Hall–Kier alpha value is -1.45. The van der Waals surface area contributed by atoms with Crippen molar-refractivity contribution in [2.24, 2.45) is 5.73 Å². The molecule has 0 aliphatic rings. The average molecular weight is 318 g/mol. The summed E-state index contributed by atoms with van der Waals surface area (Å²) >= 11 is 3.40. The van der Waals surface area contributed by atoms with Crippen molar-refractivity contribution in [1.82, 2.24) is 0 Å². The van der Waals surface area contributed by atoms with E-state index in [2.05, 4.69) is 15.9 Å². The van der Waals surface area contributed by atoms with Crippen molar-refractivity contribution in [3.63, 3.8) is 0 Å². The van der Waals surface area contributed by atoms with Gasteiger partial charge in [-0.05, 0) is 24.1 Å². The van der Waals surface area contributed by atoms with Crippen LogP contribution in [-0.4, -0.2) is 5.78 Å². The minimum Gasteiger partial charge on any atom is -0.324 e. The summed E-state index contributed by atoms with van der Waals surface area (Å²) in [7, 11) is 0. The van der Waals surface area contributed by atoms with E-state index in [1.807, 2.05) is 55.5 Å². The van der Waals surface area contributed by atoms with Gasteiger partial charge in [-0.25, -0.2) is 0 Å².